The first-order valence-corrected chi connectivity index (χ1v) is 9.40. The maximum absolute atomic E-state index is 12.4. The molecule has 144 valence electrons. The van der Waals surface area contributed by atoms with Crippen molar-refractivity contribution in [3.8, 4) is 5.75 Å². The summed E-state index contributed by atoms with van der Waals surface area (Å²) in [6.45, 7) is 4.51. The van der Waals surface area contributed by atoms with Crippen molar-refractivity contribution >= 4 is 28.9 Å². The van der Waals surface area contributed by atoms with E-state index in [1.807, 2.05) is 56.3 Å². The number of pyridine rings is 1. The molecule has 5 nitrogen and oxygen atoms in total. The first-order chi connectivity index (χ1) is 13.5. The number of halogens is 1. The van der Waals surface area contributed by atoms with Gasteiger partial charge in [0.1, 0.15) is 11.4 Å². The van der Waals surface area contributed by atoms with E-state index in [0.717, 1.165) is 17.0 Å². The molecule has 1 heterocycles. The van der Waals surface area contributed by atoms with Crippen LogP contribution in [0.4, 0.5) is 11.4 Å². The number of rotatable bonds is 7. The molecule has 0 saturated heterocycles. The number of hydrogen-bond acceptors (Lipinski definition) is 4. The van der Waals surface area contributed by atoms with E-state index in [-0.39, 0.29) is 12.0 Å². The summed E-state index contributed by atoms with van der Waals surface area (Å²) >= 11 is 6.15. The molecule has 0 aliphatic heterocycles. The normalized spacial score (nSPS) is 10.6. The van der Waals surface area contributed by atoms with Crippen LogP contribution in [0.3, 0.4) is 0 Å². The molecule has 0 spiro atoms. The van der Waals surface area contributed by atoms with Crippen LogP contribution in [0.1, 0.15) is 29.9 Å². The summed E-state index contributed by atoms with van der Waals surface area (Å²) in [4.78, 5) is 16.6. The first-order valence-electron chi connectivity index (χ1n) is 9.02. The van der Waals surface area contributed by atoms with Crippen LogP contribution in [0, 0.1) is 0 Å². The van der Waals surface area contributed by atoms with E-state index in [9.17, 15) is 4.79 Å². The average Bonchev–Trinajstić information content (AvgIpc) is 2.69. The zero-order chi connectivity index (χ0) is 19.9. The number of ether oxygens (including phenoxy) is 1. The third kappa shape index (κ3) is 5.47. The molecule has 0 fully saturated rings. The van der Waals surface area contributed by atoms with Gasteiger partial charge in [-0.05, 0) is 61.9 Å². The van der Waals surface area contributed by atoms with E-state index in [2.05, 4.69) is 15.6 Å². The van der Waals surface area contributed by atoms with E-state index in [1.165, 1.54) is 0 Å². The lowest BCUT2D eigenvalue weighted by molar-refractivity contribution is 0.102. The van der Waals surface area contributed by atoms with Crippen LogP contribution in [0.25, 0.3) is 0 Å². The van der Waals surface area contributed by atoms with Gasteiger partial charge in [-0.3, -0.25) is 4.79 Å². The number of benzene rings is 2. The van der Waals surface area contributed by atoms with Gasteiger partial charge in [-0.2, -0.15) is 0 Å². The summed E-state index contributed by atoms with van der Waals surface area (Å²) in [5.74, 6) is 0.496. The monoisotopic (exact) mass is 395 g/mol. The Morgan fingerprint density at radius 1 is 1.04 bits per heavy atom. The van der Waals surface area contributed by atoms with Crippen molar-refractivity contribution < 1.29 is 9.53 Å². The fourth-order valence-corrected chi connectivity index (χ4v) is 2.76. The number of hydrogen-bond donors (Lipinski definition) is 2. The molecular weight excluding hydrogens is 374 g/mol. The Hall–Kier alpha value is -3.05. The lowest BCUT2D eigenvalue weighted by Gasteiger charge is -2.11. The van der Waals surface area contributed by atoms with Gasteiger partial charge in [0.15, 0.2) is 0 Å². The van der Waals surface area contributed by atoms with Crippen molar-refractivity contribution in [2.75, 3.05) is 10.6 Å². The molecule has 3 rings (SSSR count). The van der Waals surface area contributed by atoms with Crippen LogP contribution in [-0.2, 0) is 6.54 Å². The van der Waals surface area contributed by atoms with Crippen LogP contribution < -0.4 is 15.4 Å². The molecule has 2 aromatic carbocycles. The summed E-state index contributed by atoms with van der Waals surface area (Å²) in [5, 5.41) is 6.79. The highest BCUT2D eigenvalue weighted by Crippen LogP contribution is 2.19. The molecule has 0 aliphatic carbocycles. The number of carbonyl (C=O) groups excluding carboxylic acids is 1. The minimum atomic E-state index is -0.268. The third-order valence-electron chi connectivity index (χ3n) is 3.92. The highest BCUT2D eigenvalue weighted by Gasteiger charge is 2.08. The minimum absolute atomic E-state index is 0.106. The van der Waals surface area contributed by atoms with Crippen LogP contribution >= 0.6 is 11.6 Å². The lowest BCUT2D eigenvalue weighted by atomic mass is 10.2. The standard InChI is InChI=1S/C22H22ClN3O2/c1-15(2)28-19-10-7-17(8-11-19)26-22(27)21-12-9-18(14-25-21)24-13-16-5-3-4-6-20(16)23/h3-12,14-15,24H,13H2,1-2H3,(H,26,27). The van der Waals surface area contributed by atoms with Gasteiger partial charge in [0.05, 0.1) is 18.0 Å². The fourth-order valence-electron chi connectivity index (χ4n) is 2.56. The van der Waals surface area contributed by atoms with E-state index >= 15 is 0 Å². The SMILES string of the molecule is CC(C)Oc1ccc(NC(=O)c2ccc(NCc3ccccc3Cl)cn2)cc1. The zero-order valence-electron chi connectivity index (χ0n) is 15.8. The van der Waals surface area contributed by atoms with Gasteiger partial charge in [-0.15, -0.1) is 0 Å². The predicted octanol–water partition coefficient (Wildman–Crippen LogP) is 5.39. The van der Waals surface area contributed by atoms with Gasteiger partial charge in [0.2, 0.25) is 0 Å². The number of anilines is 2. The predicted molar refractivity (Wildman–Crippen MR) is 113 cm³/mol. The second-order valence-corrected chi connectivity index (χ2v) is 6.93. The third-order valence-corrected chi connectivity index (χ3v) is 4.29. The fraction of sp³-hybridized carbons (Fsp3) is 0.182. The summed E-state index contributed by atoms with van der Waals surface area (Å²) in [6, 6.07) is 18.4. The van der Waals surface area contributed by atoms with Crippen LogP contribution in [0.15, 0.2) is 66.9 Å². The van der Waals surface area contributed by atoms with Crippen molar-refractivity contribution in [1.29, 1.82) is 0 Å². The molecule has 0 atom stereocenters. The van der Waals surface area contributed by atoms with E-state index in [0.29, 0.717) is 22.9 Å². The van der Waals surface area contributed by atoms with Gasteiger partial charge in [-0.25, -0.2) is 4.98 Å². The molecule has 0 unspecified atom stereocenters. The summed E-state index contributed by atoms with van der Waals surface area (Å²) in [7, 11) is 0. The molecule has 3 aromatic rings. The van der Waals surface area contributed by atoms with Gasteiger partial charge in [0, 0.05) is 17.3 Å². The maximum Gasteiger partial charge on any atom is 0.274 e. The second-order valence-electron chi connectivity index (χ2n) is 6.52. The van der Waals surface area contributed by atoms with Gasteiger partial charge >= 0.3 is 0 Å². The quantitative estimate of drug-likeness (QED) is 0.563. The number of amides is 1. The molecule has 1 aromatic heterocycles. The Kier molecular flexibility index (Phi) is 6.50. The smallest absolute Gasteiger partial charge is 0.274 e. The lowest BCUT2D eigenvalue weighted by Crippen LogP contribution is -2.14. The van der Waals surface area contributed by atoms with Crippen molar-refractivity contribution in [3.63, 3.8) is 0 Å². The summed E-state index contributed by atoms with van der Waals surface area (Å²) in [6.07, 6.45) is 1.74. The Morgan fingerprint density at radius 3 is 2.39 bits per heavy atom. The van der Waals surface area contributed by atoms with Gasteiger partial charge in [0.25, 0.3) is 5.91 Å². The molecule has 0 bridgehead atoms. The minimum Gasteiger partial charge on any atom is -0.491 e. The Labute approximate surface area is 169 Å². The maximum atomic E-state index is 12.4. The first kappa shape index (κ1) is 19.7. The van der Waals surface area contributed by atoms with Crippen LogP contribution in [0.5, 0.6) is 5.75 Å². The Bertz CT molecular complexity index is 925. The number of aromatic nitrogens is 1. The molecule has 1 amide bonds. The number of nitrogens with zero attached hydrogens (tertiary/aromatic N) is 1. The molecule has 6 heteroatoms. The topological polar surface area (TPSA) is 63.2 Å². The zero-order valence-corrected chi connectivity index (χ0v) is 16.5. The van der Waals surface area contributed by atoms with E-state index < -0.39 is 0 Å². The summed E-state index contributed by atoms with van der Waals surface area (Å²) < 4.78 is 5.59. The molecule has 2 N–H and O–H groups in total. The van der Waals surface area contributed by atoms with Crippen molar-refractivity contribution in [1.82, 2.24) is 4.98 Å². The van der Waals surface area contributed by atoms with Crippen molar-refractivity contribution in [3.05, 3.63) is 83.1 Å². The van der Waals surface area contributed by atoms with Crippen molar-refractivity contribution in [2.45, 2.75) is 26.5 Å². The van der Waals surface area contributed by atoms with E-state index in [4.69, 9.17) is 16.3 Å². The molecule has 0 aliphatic rings. The molecular formula is C22H22ClN3O2. The average molecular weight is 396 g/mol. The largest absolute Gasteiger partial charge is 0.491 e. The Morgan fingerprint density at radius 2 is 1.75 bits per heavy atom. The summed E-state index contributed by atoms with van der Waals surface area (Å²) in [5.41, 5.74) is 2.83. The van der Waals surface area contributed by atoms with Crippen LogP contribution in [-0.4, -0.2) is 17.0 Å². The van der Waals surface area contributed by atoms with Gasteiger partial charge < -0.3 is 15.4 Å². The Balaban J connectivity index is 1.56. The molecule has 0 radical (unpaired) electrons. The van der Waals surface area contributed by atoms with Crippen molar-refractivity contribution in [2.24, 2.45) is 0 Å². The second kappa shape index (κ2) is 9.24. The highest BCUT2D eigenvalue weighted by molar-refractivity contribution is 6.31. The number of nitrogens with one attached hydrogen (secondary N) is 2. The number of carbonyl (C=O) groups is 1. The van der Waals surface area contributed by atoms with Crippen LogP contribution in [0.2, 0.25) is 5.02 Å². The molecule has 0 saturated carbocycles. The van der Waals surface area contributed by atoms with Gasteiger partial charge in [-0.1, -0.05) is 29.8 Å². The highest BCUT2D eigenvalue weighted by atomic mass is 35.5. The molecule has 28 heavy (non-hydrogen) atoms. The van der Waals surface area contributed by atoms with E-state index in [1.54, 1.807) is 24.4 Å².